The molecule has 1 aromatic carbocycles. The summed E-state index contributed by atoms with van der Waals surface area (Å²) >= 11 is 3.29. The van der Waals surface area contributed by atoms with Crippen LogP contribution >= 0.6 is 15.9 Å². The maximum absolute atomic E-state index is 13.2. The van der Waals surface area contributed by atoms with Gasteiger partial charge in [0.1, 0.15) is 11.9 Å². The van der Waals surface area contributed by atoms with Crippen LogP contribution in [0.2, 0.25) is 0 Å². The number of rotatable bonds is 5. The second kappa shape index (κ2) is 6.12. The van der Waals surface area contributed by atoms with Crippen LogP contribution in [0.25, 0.3) is 0 Å². The Hall–Kier alpha value is -0.940. The molecule has 1 unspecified atom stereocenters. The first-order chi connectivity index (χ1) is 7.91. The summed E-state index contributed by atoms with van der Waals surface area (Å²) in [6.45, 7) is 4.67. The van der Waals surface area contributed by atoms with E-state index in [1.807, 2.05) is 13.8 Å². The van der Waals surface area contributed by atoms with E-state index < -0.39 is 11.9 Å². The maximum Gasteiger partial charge on any atom is 0.239 e. The molecule has 0 aromatic heterocycles. The summed E-state index contributed by atoms with van der Waals surface area (Å²) in [7, 11) is 0. The summed E-state index contributed by atoms with van der Waals surface area (Å²) in [6.07, 6.45) is 0. The summed E-state index contributed by atoms with van der Waals surface area (Å²) in [5.74, 6) is -0.526. The Bertz CT molecular complexity index is 409. The Labute approximate surface area is 109 Å². The number of carbonyl (C=O) groups is 1. The van der Waals surface area contributed by atoms with Gasteiger partial charge >= 0.3 is 0 Å². The number of carbonyl (C=O) groups excluding carboxylic acids is 1. The molecule has 5 heteroatoms. The van der Waals surface area contributed by atoms with Gasteiger partial charge in [-0.05, 0) is 36.2 Å². The fourth-order valence-corrected chi connectivity index (χ4v) is 1.93. The van der Waals surface area contributed by atoms with Crippen LogP contribution < -0.4 is 11.1 Å². The van der Waals surface area contributed by atoms with Crippen molar-refractivity contribution in [2.45, 2.75) is 19.9 Å². The molecule has 1 amide bonds. The molecule has 0 saturated carbocycles. The molecule has 0 spiro atoms. The van der Waals surface area contributed by atoms with Crippen molar-refractivity contribution in [3.63, 3.8) is 0 Å². The first kappa shape index (κ1) is 14.1. The minimum Gasteiger partial charge on any atom is -0.368 e. The van der Waals surface area contributed by atoms with Crippen molar-refractivity contribution in [1.29, 1.82) is 0 Å². The maximum atomic E-state index is 13.2. The highest BCUT2D eigenvalue weighted by Crippen LogP contribution is 2.24. The van der Waals surface area contributed by atoms with Crippen molar-refractivity contribution in [2.75, 3.05) is 6.54 Å². The molecular formula is C12H16BrFN2O. The van der Waals surface area contributed by atoms with E-state index in [2.05, 4.69) is 21.2 Å². The molecule has 17 heavy (non-hydrogen) atoms. The number of nitrogens with one attached hydrogen (secondary N) is 1. The smallest absolute Gasteiger partial charge is 0.239 e. The Morgan fingerprint density at radius 1 is 1.53 bits per heavy atom. The van der Waals surface area contributed by atoms with E-state index in [0.717, 1.165) is 0 Å². The molecule has 1 rings (SSSR count). The molecule has 0 aliphatic carbocycles. The van der Waals surface area contributed by atoms with Gasteiger partial charge in [-0.15, -0.1) is 0 Å². The van der Waals surface area contributed by atoms with E-state index in [0.29, 0.717) is 22.5 Å². The van der Waals surface area contributed by atoms with Gasteiger partial charge < -0.3 is 11.1 Å². The predicted molar refractivity (Wildman–Crippen MR) is 68.9 cm³/mol. The zero-order valence-corrected chi connectivity index (χ0v) is 11.4. The summed E-state index contributed by atoms with van der Waals surface area (Å²) in [5, 5.41) is 3.03. The molecule has 1 atom stereocenters. The SMILES string of the molecule is CC(C)CNC(C(N)=O)c1cc(F)ccc1Br. The third-order valence-corrected chi connectivity index (χ3v) is 3.01. The highest BCUT2D eigenvalue weighted by Gasteiger charge is 2.20. The molecule has 0 radical (unpaired) electrons. The van der Waals surface area contributed by atoms with Crippen molar-refractivity contribution >= 4 is 21.8 Å². The standard InChI is InChI=1S/C12H16BrFN2O/c1-7(2)6-16-11(12(15)17)9-5-8(14)3-4-10(9)13/h3-5,7,11,16H,6H2,1-2H3,(H2,15,17). The first-order valence-corrected chi connectivity index (χ1v) is 6.18. The van der Waals surface area contributed by atoms with Crippen molar-refractivity contribution in [3.05, 3.63) is 34.1 Å². The Morgan fingerprint density at radius 3 is 2.71 bits per heavy atom. The van der Waals surface area contributed by atoms with Gasteiger partial charge in [-0.2, -0.15) is 0 Å². The lowest BCUT2D eigenvalue weighted by Crippen LogP contribution is -2.35. The second-order valence-corrected chi connectivity index (χ2v) is 5.16. The van der Waals surface area contributed by atoms with Gasteiger partial charge in [0, 0.05) is 4.47 Å². The molecule has 0 aliphatic heterocycles. The normalized spacial score (nSPS) is 12.8. The molecule has 94 valence electrons. The highest BCUT2D eigenvalue weighted by atomic mass is 79.9. The van der Waals surface area contributed by atoms with Crippen LogP contribution in [-0.2, 0) is 4.79 Å². The molecule has 0 fully saturated rings. The summed E-state index contributed by atoms with van der Waals surface area (Å²) < 4.78 is 13.8. The van der Waals surface area contributed by atoms with Crippen LogP contribution in [0.1, 0.15) is 25.5 Å². The van der Waals surface area contributed by atoms with Crippen LogP contribution in [0.3, 0.4) is 0 Å². The average Bonchev–Trinajstić information content (AvgIpc) is 2.22. The number of benzene rings is 1. The van der Waals surface area contributed by atoms with Gasteiger partial charge in [0.25, 0.3) is 0 Å². The average molecular weight is 303 g/mol. The van der Waals surface area contributed by atoms with Crippen molar-refractivity contribution in [1.82, 2.24) is 5.32 Å². The summed E-state index contributed by atoms with van der Waals surface area (Å²) in [4.78, 5) is 11.4. The lowest BCUT2D eigenvalue weighted by Gasteiger charge is -2.18. The van der Waals surface area contributed by atoms with E-state index in [1.54, 1.807) is 6.07 Å². The Kier molecular flexibility index (Phi) is 5.08. The zero-order chi connectivity index (χ0) is 13.0. The number of primary amides is 1. The minimum absolute atomic E-state index is 0.379. The molecular weight excluding hydrogens is 287 g/mol. The van der Waals surface area contributed by atoms with E-state index >= 15 is 0 Å². The van der Waals surface area contributed by atoms with E-state index in [4.69, 9.17) is 5.73 Å². The molecule has 0 saturated heterocycles. The molecule has 0 heterocycles. The molecule has 1 aromatic rings. The van der Waals surface area contributed by atoms with E-state index in [1.165, 1.54) is 12.1 Å². The van der Waals surface area contributed by atoms with Gasteiger partial charge in [-0.1, -0.05) is 29.8 Å². The number of halogens is 2. The first-order valence-electron chi connectivity index (χ1n) is 5.39. The molecule has 0 bridgehead atoms. The van der Waals surface area contributed by atoms with Crippen molar-refractivity contribution < 1.29 is 9.18 Å². The van der Waals surface area contributed by atoms with Gasteiger partial charge in [-0.25, -0.2) is 4.39 Å². The number of nitrogens with two attached hydrogens (primary N) is 1. The molecule has 3 nitrogen and oxygen atoms in total. The van der Waals surface area contributed by atoms with E-state index in [9.17, 15) is 9.18 Å². The fourth-order valence-electron chi connectivity index (χ4n) is 1.45. The lowest BCUT2D eigenvalue weighted by atomic mass is 10.1. The molecule has 3 N–H and O–H groups in total. The third-order valence-electron chi connectivity index (χ3n) is 2.28. The van der Waals surface area contributed by atoms with Crippen LogP contribution in [0.15, 0.2) is 22.7 Å². The fraction of sp³-hybridized carbons (Fsp3) is 0.417. The predicted octanol–water partition coefficient (Wildman–Crippen LogP) is 2.36. The summed E-state index contributed by atoms with van der Waals surface area (Å²) in [5.41, 5.74) is 5.86. The van der Waals surface area contributed by atoms with Gasteiger partial charge in [0.15, 0.2) is 0 Å². The van der Waals surface area contributed by atoms with Crippen LogP contribution in [-0.4, -0.2) is 12.5 Å². The monoisotopic (exact) mass is 302 g/mol. The van der Waals surface area contributed by atoms with Crippen LogP contribution in [0.5, 0.6) is 0 Å². The number of hydrogen-bond acceptors (Lipinski definition) is 2. The number of hydrogen-bond donors (Lipinski definition) is 2. The zero-order valence-electron chi connectivity index (χ0n) is 9.84. The van der Waals surface area contributed by atoms with Gasteiger partial charge in [0.2, 0.25) is 5.91 Å². The molecule has 0 aliphatic rings. The van der Waals surface area contributed by atoms with Gasteiger partial charge in [-0.3, -0.25) is 4.79 Å². The largest absolute Gasteiger partial charge is 0.368 e. The Balaban J connectivity index is 2.97. The summed E-state index contributed by atoms with van der Waals surface area (Å²) in [6, 6.07) is 3.53. The highest BCUT2D eigenvalue weighted by molar-refractivity contribution is 9.10. The van der Waals surface area contributed by atoms with E-state index in [-0.39, 0.29) is 5.82 Å². The topological polar surface area (TPSA) is 55.1 Å². The minimum atomic E-state index is -0.678. The van der Waals surface area contributed by atoms with Crippen molar-refractivity contribution in [2.24, 2.45) is 11.7 Å². The second-order valence-electron chi connectivity index (χ2n) is 4.30. The Morgan fingerprint density at radius 2 is 2.18 bits per heavy atom. The van der Waals surface area contributed by atoms with Crippen molar-refractivity contribution in [3.8, 4) is 0 Å². The number of amides is 1. The van der Waals surface area contributed by atoms with Crippen LogP contribution in [0.4, 0.5) is 4.39 Å². The third kappa shape index (κ3) is 4.09. The quantitative estimate of drug-likeness (QED) is 0.877. The lowest BCUT2D eigenvalue weighted by molar-refractivity contribution is -0.120. The van der Waals surface area contributed by atoms with Crippen LogP contribution in [0, 0.1) is 11.7 Å². The van der Waals surface area contributed by atoms with Gasteiger partial charge in [0.05, 0.1) is 0 Å².